The lowest BCUT2D eigenvalue weighted by molar-refractivity contribution is 0.280. The third-order valence-corrected chi connectivity index (χ3v) is 2.86. The molecular formula is C15H15N3O. The Hall–Kier alpha value is -2.38. The van der Waals surface area contributed by atoms with E-state index in [1.165, 1.54) is 0 Å². The van der Waals surface area contributed by atoms with Crippen LogP contribution in [-0.2, 0) is 0 Å². The maximum Gasteiger partial charge on any atom is 0.144 e. The first kappa shape index (κ1) is 13.1. The lowest BCUT2D eigenvalue weighted by atomic mass is 10.0. The number of aliphatic hydroxyl groups is 1. The number of anilines is 1. The molecule has 1 atom stereocenters. The number of nitrogens with zero attached hydrogens (tertiary/aromatic N) is 2. The number of nitrogens with one attached hydrogen (secondary N) is 1. The highest BCUT2D eigenvalue weighted by Crippen LogP contribution is 2.22. The van der Waals surface area contributed by atoms with Gasteiger partial charge in [-0.3, -0.25) is 0 Å². The Balaban J connectivity index is 2.24. The van der Waals surface area contributed by atoms with E-state index in [4.69, 9.17) is 5.26 Å². The van der Waals surface area contributed by atoms with Gasteiger partial charge in [-0.15, -0.1) is 0 Å². The van der Waals surface area contributed by atoms with Gasteiger partial charge in [-0.05, 0) is 24.1 Å². The minimum Gasteiger partial charge on any atom is -0.396 e. The molecule has 0 saturated carbocycles. The first-order valence-electron chi connectivity index (χ1n) is 6.12. The molecule has 2 N–H and O–H groups in total. The predicted molar refractivity (Wildman–Crippen MR) is 73.5 cm³/mol. The molecular weight excluding hydrogens is 238 g/mol. The van der Waals surface area contributed by atoms with E-state index in [1.54, 1.807) is 18.3 Å². The molecule has 0 radical (unpaired) electrons. The van der Waals surface area contributed by atoms with Crippen molar-refractivity contribution in [2.75, 3.05) is 11.9 Å². The monoisotopic (exact) mass is 253 g/mol. The van der Waals surface area contributed by atoms with Crippen LogP contribution < -0.4 is 5.32 Å². The van der Waals surface area contributed by atoms with E-state index in [2.05, 4.69) is 16.4 Å². The molecule has 0 aliphatic rings. The molecule has 4 heteroatoms. The van der Waals surface area contributed by atoms with Crippen LogP contribution >= 0.6 is 0 Å². The van der Waals surface area contributed by atoms with Crippen molar-refractivity contribution in [1.29, 1.82) is 5.26 Å². The van der Waals surface area contributed by atoms with E-state index in [9.17, 15) is 5.11 Å². The first-order chi connectivity index (χ1) is 9.35. The molecule has 0 fully saturated rings. The number of benzene rings is 1. The number of aliphatic hydroxyl groups excluding tert-OH is 1. The molecule has 2 rings (SSSR count). The van der Waals surface area contributed by atoms with Crippen molar-refractivity contribution in [2.45, 2.75) is 12.5 Å². The Bertz CT molecular complexity index is 563. The SMILES string of the molecule is N#Cc1cccnc1N[C@H](CCO)c1ccccc1. The highest BCUT2D eigenvalue weighted by Gasteiger charge is 2.13. The second kappa shape index (κ2) is 6.53. The van der Waals surface area contributed by atoms with Gasteiger partial charge in [0.1, 0.15) is 11.9 Å². The van der Waals surface area contributed by atoms with Crippen molar-refractivity contribution >= 4 is 5.82 Å². The maximum absolute atomic E-state index is 9.18. The number of pyridine rings is 1. The number of nitriles is 1. The fourth-order valence-electron chi connectivity index (χ4n) is 1.91. The van der Waals surface area contributed by atoms with Crippen LogP contribution in [0.1, 0.15) is 23.6 Å². The van der Waals surface area contributed by atoms with E-state index in [1.807, 2.05) is 30.3 Å². The molecule has 0 spiro atoms. The lowest BCUT2D eigenvalue weighted by Crippen LogP contribution is -2.14. The van der Waals surface area contributed by atoms with Crippen molar-refractivity contribution in [3.8, 4) is 6.07 Å². The van der Waals surface area contributed by atoms with Gasteiger partial charge in [0.05, 0.1) is 11.6 Å². The maximum atomic E-state index is 9.18. The van der Waals surface area contributed by atoms with Crippen LogP contribution in [0.4, 0.5) is 5.82 Å². The van der Waals surface area contributed by atoms with E-state index < -0.39 is 0 Å². The average molecular weight is 253 g/mol. The summed E-state index contributed by atoms with van der Waals surface area (Å²) >= 11 is 0. The summed E-state index contributed by atoms with van der Waals surface area (Å²) in [5.41, 5.74) is 1.56. The average Bonchev–Trinajstić information content (AvgIpc) is 2.48. The quantitative estimate of drug-likeness (QED) is 0.859. The molecule has 0 aliphatic heterocycles. The van der Waals surface area contributed by atoms with Crippen LogP contribution in [0.15, 0.2) is 48.7 Å². The molecule has 1 heterocycles. The molecule has 19 heavy (non-hydrogen) atoms. The molecule has 2 aromatic rings. The van der Waals surface area contributed by atoms with Crippen molar-refractivity contribution < 1.29 is 5.11 Å². The van der Waals surface area contributed by atoms with Gasteiger partial charge in [-0.25, -0.2) is 4.98 Å². The normalized spacial score (nSPS) is 11.6. The Labute approximate surface area is 112 Å². The molecule has 4 nitrogen and oxygen atoms in total. The summed E-state index contributed by atoms with van der Waals surface area (Å²) in [6.07, 6.45) is 2.20. The fourth-order valence-corrected chi connectivity index (χ4v) is 1.91. The summed E-state index contributed by atoms with van der Waals surface area (Å²) in [6.45, 7) is 0.0707. The standard InChI is InChI=1S/C15H15N3O/c16-11-13-7-4-9-17-15(13)18-14(8-10-19)12-5-2-1-3-6-12/h1-7,9,14,19H,8,10H2,(H,17,18)/t14-/m1/s1. The van der Waals surface area contributed by atoms with E-state index in [0.29, 0.717) is 17.8 Å². The summed E-state index contributed by atoms with van der Waals surface area (Å²) in [4.78, 5) is 4.18. The van der Waals surface area contributed by atoms with Crippen LogP contribution in [0.3, 0.4) is 0 Å². The van der Waals surface area contributed by atoms with Gasteiger partial charge in [0.15, 0.2) is 0 Å². The largest absolute Gasteiger partial charge is 0.396 e. The van der Waals surface area contributed by atoms with Crippen LogP contribution in [0, 0.1) is 11.3 Å². The Morgan fingerprint density at radius 1 is 1.21 bits per heavy atom. The summed E-state index contributed by atoms with van der Waals surface area (Å²) in [6, 6.07) is 15.3. The smallest absolute Gasteiger partial charge is 0.144 e. The third kappa shape index (κ3) is 3.30. The Morgan fingerprint density at radius 3 is 2.68 bits per heavy atom. The summed E-state index contributed by atoms with van der Waals surface area (Å²) in [5.74, 6) is 0.548. The minimum absolute atomic E-state index is 0.0619. The zero-order chi connectivity index (χ0) is 13.5. The van der Waals surface area contributed by atoms with E-state index >= 15 is 0 Å². The van der Waals surface area contributed by atoms with Crippen LogP contribution in [0.25, 0.3) is 0 Å². The second-order valence-electron chi connectivity index (χ2n) is 4.13. The molecule has 0 saturated heterocycles. The van der Waals surface area contributed by atoms with Gasteiger partial charge in [-0.2, -0.15) is 5.26 Å². The zero-order valence-corrected chi connectivity index (χ0v) is 10.5. The summed E-state index contributed by atoms with van der Waals surface area (Å²) < 4.78 is 0. The van der Waals surface area contributed by atoms with Crippen molar-refractivity contribution in [1.82, 2.24) is 4.98 Å². The minimum atomic E-state index is -0.0619. The lowest BCUT2D eigenvalue weighted by Gasteiger charge is -2.19. The molecule has 0 unspecified atom stereocenters. The summed E-state index contributed by atoms with van der Waals surface area (Å²) in [7, 11) is 0. The van der Waals surface area contributed by atoms with Gasteiger partial charge in [0.25, 0.3) is 0 Å². The first-order valence-corrected chi connectivity index (χ1v) is 6.12. The van der Waals surface area contributed by atoms with E-state index in [0.717, 1.165) is 5.56 Å². The Kier molecular flexibility index (Phi) is 4.49. The fraction of sp³-hybridized carbons (Fsp3) is 0.200. The van der Waals surface area contributed by atoms with Crippen molar-refractivity contribution in [2.24, 2.45) is 0 Å². The van der Waals surface area contributed by atoms with Gasteiger partial charge >= 0.3 is 0 Å². The van der Waals surface area contributed by atoms with Crippen LogP contribution in [0.5, 0.6) is 0 Å². The zero-order valence-electron chi connectivity index (χ0n) is 10.5. The van der Waals surface area contributed by atoms with E-state index in [-0.39, 0.29) is 12.6 Å². The molecule has 1 aromatic heterocycles. The van der Waals surface area contributed by atoms with Gasteiger partial charge in [-0.1, -0.05) is 30.3 Å². The number of aromatic nitrogens is 1. The topological polar surface area (TPSA) is 68.9 Å². The summed E-state index contributed by atoms with van der Waals surface area (Å²) in [5, 5.41) is 21.5. The second-order valence-corrected chi connectivity index (χ2v) is 4.13. The molecule has 0 bridgehead atoms. The third-order valence-electron chi connectivity index (χ3n) is 2.86. The van der Waals surface area contributed by atoms with Crippen LogP contribution in [0.2, 0.25) is 0 Å². The highest BCUT2D eigenvalue weighted by molar-refractivity contribution is 5.52. The molecule has 0 amide bonds. The molecule has 1 aromatic carbocycles. The van der Waals surface area contributed by atoms with Gasteiger partial charge in [0.2, 0.25) is 0 Å². The van der Waals surface area contributed by atoms with Crippen molar-refractivity contribution in [3.05, 3.63) is 59.8 Å². The molecule has 96 valence electrons. The molecule has 0 aliphatic carbocycles. The Morgan fingerprint density at radius 2 is 2.00 bits per heavy atom. The number of hydrogen-bond acceptors (Lipinski definition) is 4. The van der Waals surface area contributed by atoms with Crippen molar-refractivity contribution in [3.63, 3.8) is 0 Å². The van der Waals surface area contributed by atoms with Gasteiger partial charge < -0.3 is 10.4 Å². The van der Waals surface area contributed by atoms with Gasteiger partial charge in [0, 0.05) is 12.8 Å². The highest BCUT2D eigenvalue weighted by atomic mass is 16.3. The number of rotatable bonds is 5. The number of hydrogen-bond donors (Lipinski definition) is 2. The predicted octanol–water partition coefficient (Wildman–Crippen LogP) is 2.49. The van der Waals surface area contributed by atoms with Crippen LogP contribution in [-0.4, -0.2) is 16.7 Å².